The first kappa shape index (κ1) is 15.7. The quantitative estimate of drug-likeness (QED) is 0.865. The van der Waals surface area contributed by atoms with Gasteiger partial charge in [-0.2, -0.15) is 5.10 Å². The van der Waals surface area contributed by atoms with Crippen molar-refractivity contribution in [1.82, 2.24) is 15.1 Å². The first-order valence-electron chi connectivity index (χ1n) is 7.48. The number of aryl methyl sites for hydroxylation is 2. The van der Waals surface area contributed by atoms with Gasteiger partial charge in [0.15, 0.2) is 0 Å². The summed E-state index contributed by atoms with van der Waals surface area (Å²) in [6.07, 6.45) is 4.36. The van der Waals surface area contributed by atoms with Crippen LogP contribution in [0.2, 0.25) is 0 Å². The third kappa shape index (κ3) is 2.84. The highest BCUT2D eigenvalue weighted by atomic mass is 79.9. The van der Waals surface area contributed by atoms with Crippen LogP contribution in [0.4, 0.5) is 0 Å². The standard InChI is InChI=1S/C15H24BrN3O/c1-4-6-15(7-8-17-10-15)13(20)9-12-14(16)11(5-2)18-19(12)3/h17H,4-10H2,1-3H3. The highest BCUT2D eigenvalue weighted by molar-refractivity contribution is 9.10. The molecule has 0 spiro atoms. The molecule has 0 bridgehead atoms. The molecule has 1 aromatic heterocycles. The van der Waals surface area contributed by atoms with Crippen molar-refractivity contribution in [2.45, 2.75) is 46.0 Å². The van der Waals surface area contributed by atoms with Crippen molar-refractivity contribution in [2.24, 2.45) is 12.5 Å². The fourth-order valence-electron chi connectivity index (χ4n) is 3.16. The molecule has 5 heteroatoms. The highest BCUT2D eigenvalue weighted by Crippen LogP contribution is 2.34. The van der Waals surface area contributed by atoms with Gasteiger partial charge in [0.2, 0.25) is 0 Å². The van der Waals surface area contributed by atoms with Gasteiger partial charge >= 0.3 is 0 Å². The Morgan fingerprint density at radius 1 is 1.50 bits per heavy atom. The van der Waals surface area contributed by atoms with Gasteiger partial charge in [-0.05, 0) is 41.7 Å². The molecule has 1 unspecified atom stereocenters. The molecular formula is C15H24BrN3O. The van der Waals surface area contributed by atoms with E-state index in [1.807, 2.05) is 11.7 Å². The van der Waals surface area contributed by atoms with Crippen molar-refractivity contribution in [3.63, 3.8) is 0 Å². The summed E-state index contributed by atoms with van der Waals surface area (Å²) in [4.78, 5) is 12.8. The average Bonchev–Trinajstić information content (AvgIpc) is 3.00. The monoisotopic (exact) mass is 341 g/mol. The van der Waals surface area contributed by atoms with E-state index in [2.05, 4.69) is 40.2 Å². The Labute approximate surface area is 129 Å². The van der Waals surface area contributed by atoms with Crippen LogP contribution in [0, 0.1) is 5.41 Å². The summed E-state index contributed by atoms with van der Waals surface area (Å²) in [5.74, 6) is 0.357. The number of carbonyl (C=O) groups excluding carboxylic acids is 1. The molecule has 1 atom stereocenters. The van der Waals surface area contributed by atoms with Crippen LogP contribution >= 0.6 is 15.9 Å². The van der Waals surface area contributed by atoms with Gasteiger partial charge < -0.3 is 5.32 Å². The van der Waals surface area contributed by atoms with Gasteiger partial charge in [-0.15, -0.1) is 0 Å². The zero-order chi connectivity index (χ0) is 14.8. The van der Waals surface area contributed by atoms with Gasteiger partial charge in [0.05, 0.1) is 22.3 Å². The third-order valence-electron chi connectivity index (χ3n) is 4.39. The molecule has 0 radical (unpaired) electrons. The Morgan fingerprint density at radius 2 is 2.25 bits per heavy atom. The Morgan fingerprint density at radius 3 is 2.75 bits per heavy atom. The van der Waals surface area contributed by atoms with Gasteiger partial charge in [0.1, 0.15) is 5.78 Å². The number of Topliss-reactive ketones (excluding diaryl/α,β-unsaturated/α-hetero) is 1. The number of nitrogens with one attached hydrogen (secondary N) is 1. The predicted octanol–water partition coefficient (Wildman–Crippen LogP) is 2.64. The summed E-state index contributed by atoms with van der Waals surface area (Å²) in [5.41, 5.74) is 1.88. The Bertz CT molecular complexity index is 490. The minimum Gasteiger partial charge on any atom is -0.316 e. The van der Waals surface area contributed by atoms with Crippen molar-refractivity contribution < 1.29 is 4.79 Å². The smallest absolute Gasteiger partial charge is 0.146 e. The SMILES string of the molecule is CCCC1(C(=O)Cc2c(Br)c(CC)nn2C)CCNC1. The van der Waals surface area contributed by atoms with E-state index in [0.29, 0.717) is 12.2 Å². The molecule has 0 aliphatic carbocycles. The summed E-state index contributed by atoms with van der Waals surface area (Å²) < 4.78 is 2.86. The Balaban J connectivity index is 2.20. The van der Waals surface area contributed by atoms with Gasteiger partial charge in [-0.1, -0.05) is 20.3 Å². The van der Waals surface area contributed by atoms with E-state index >= 15 is 0 Å². The molecule has 1 aliphatic heterocycles. The normalized spacial score (nSPS) is 22.4. The molecule has 1 aliphatic rings. The molecule has 2 heterocycles. The summed E-state index contributed by atoms with van der Waals surface area (Å²) >= 11 is 3.60. The van der Waals surface area contributed by atoms with Crippen molar-refractivity contribution in [3.8, 4) is 0 Å². The zero-order valence-electron chi connectivity index (χ0n) is 12.6. The van der Waals surface area contributed by atoms with Crippen molar-refractivity contribution in [3.05, 3.63) is 15.9 Å². The van der Waals surface area contributed by atoms with E-state index in [-0.39, 0.29) is 5.41 Å². The predicted molar refractivity (Wildman–Crippen MR) is 83.8 cm³/mol. The number of hydrogen-bond donors (Lipinski definition) is 1. The van der Waals surface area contributed by atoms with E-state index in [1.165, 1.54) is 0 Å². The second-order valence-electron chi connectivity index (χ2n) is 5.74. The van der Waals surface area contributed by atoms with Crippen LogP contribution in [0.1, 0.15) is 44.5 Å². The Hall–Kier alpha value is -0.680. The molecule has 1 aromatic rings. The van der Waals surface area contributed by atoms with Gasteiger partial charge in [-0.3, -0.25) is 9.48 Å². The topological polar surface area (TPSA) is 46.9 Å². The van der Waals surface area contributed by atoms with Crippen LogP contribution in [0.15, 0.2) is 4.47 Å². The fraction of sp³-hybridized carbons (Fsp3) is 0.733. The maximum Gasteiger partial charge on any atom is 0.146 e. The molecule has 2 rings (SSSR count). The largest absolute Gasteiger partial charge is 0.316 e. The van der Waals surface area contributed by atoms with Crippen LogP contribution in [-0.4, -0.2) is 28.7 Å². The first-order chi connectivity index (χ1) is 9.54. The van der Waals surface area contributed by atoms with Crippen molar-refractivity contribution in [1.29, 1.82) is 0 Å². The maximum absolute atomic E-state index is 12.8. The van der Waals surface area contributed by atoms with Crippen LogP contribution in [0.25, 0.3) is 0 Å². The van der Waals surface area contributed by atoms with E-state index in [0.717, 1.165) is 54.6 Å². The molecule has 0 aromatic carbocycles. The number of ketones is 1. The first-order valence-corrected chi connectivity index (χ1v) is 8.27. The Kier molecular flexibility index (Phi) is 5.02. The van der Waals surface area contributed by atoms with Gasteiger partial charge in [-0.25, -0.2) is 0 Å². The number of halogens is 1. The summed E-state index contributed by atoms with van der Waals surface area (Å²) in [7, 11) is 1.92. The second-order valence-corrected chi connectivity index (χ2v) is 6.53. The molecule has 1 saturated heterocycles. The van der Waals surface area contributed by atoms with E-state index in [4.69, 9.17) is 0 Å². The van der Waals surface area contributed by atoms with Gasteiger partial charge in [0.25, 0.3) is 0 Å². The number of aromatic nitrogens is 2. The van der Waals surface area contributed by atoms with E-state index in [9.17, 15) is 4.79 Å². The molecule has 1 N–H and O–H groups in total. The maximum atomic E-state index is 12.8. The molecule has 1 fully saturated rings. The second kappa shape index (κ2) is 6.39. The molecular weight excluding hydrogens is 318 g/mol. The molecule has 0 amide bonds. The molecule has 0 saturated carbocycles. The van der Waals surface area contributed by atoms with E-state index in [1.54, 1.807) is 0 Å². The minimum atomic E-state index is -0.162. The van der Waals surface area contributed by atoms with Crippen molar-refractivity contribution in [2.75, 3.05) is 13.1 Å². The van der Waals surface area contributed by atoms with Crippen LogP contribution < -0.4 is 5.32 Å². The van der Waals surface area contributed by atoms with Crippen LogP contribution in [0.3, 0.4) is 0 Å². The molecule has 20 heavy (non-hydrogen) atoms. The van der Waals surface area contributed by atoms with Crippen LogP contribution in [0.5, 0.6) is 0 Å². The molecule has 112 valence electrons. The summed E-state index contributed by atoms with van der Waals surface area (Å²) in [5, 5.41) is 7.83. The lowest BCUT2D eigenvalue weighted by Crippen LogP contribution is -2.35. The third-order valence-corrected chi connectivity index (χ3v) is 5.31. The highest BCUT2D eigenvalue weighted by Gasteiger charge is 2.40. The van der Waals surface area contributed by atoms with E-state index < -0.39 is 0 Å². The van der Waals surface area contributed by atoms with Crippen molar-refractivity contribution >= 4 is 21.7 Å². The average molecular weight is 342 g/mol. The fourth-order valence-corrected chi connectivity index (χ4v) is 3.92. The zero-order valence-corrected chi connectivity index (χ0v) is 14.2. The molecule has 4 nitrogen and oxygen atoms in total. The lowest BCUT2D eigenvalue weighted by Gasteiger charge is -2.26. The summed E-state index contributed by atoms with van der Waals surface area (Å²) in [6.45, 7) is 6.02. The summed E-state index contributed by atoms with van der Waals surface area (Å²) in [6, 6.07) is 0. The number of rotatable bonds is 6. The number of carbonyl (C=O) groups is 1. The number of hydrogen-bond acceptors (Lipinski definition) is 3. The lowest BCUT2D eigenvalue weighted by atomic mass is 9.77. The number of nitrogens with zero attached hydrogens (tertiary/aromatic N) is 2. The van der Waals surface area contributed by atoms with Gasteiger partial charge in [0, 0.05) is 19.0 Å². The minimum absolute atomic E-state index is 0.162. The van der Waals surface area contributed by atoms with Crippen LogP contribution in [-0.2, 0) is 24.7 Å². The lowest BCUT2D eigenvalue weighted by molar-refractivity contribution is -0.127.